The summed E-state index contributed by atoms with van der Waals surface area (Å²) in [6, 6.07) is 10.5. The summed E-state index contributed by atoms with van der Waals surface area (Å²) in [7, 11) is -2.47. The molecular weight excluding hydrogens is 366 g/mol. The quantitative estimate of drug-likeness (QED) is 0.700. The molecule has 2 aromatic carbocycles. The number of nitrogens with one attached hydrogen (secondary N) is 3. The SMILES string of the molecule is CNS(=O)(=O)c1ccc(Cl)c(C(=O)NNC(=O)c2ccc(C)cc2)c1. The summed E-state index contributed by atoms with van der Waals surface area (Å²) in [6.07, 6.45) is 0. The van der Waals surface area contributed by atoms with Crippen molar-refractivity contribution >= 4 is 33.4 Å². The zero-order valence-corrected chi connectivity index (χ0v) is 15.0. The number of benzene rings is 2. The van der Waals surface area contributed by atoms with Crippen molar-refractivity contribution < 1.29 is 18.0 Å². The highest BCUT2D eigenvalue weighted by molar-refractivity contribution is 7.89. The van der Waals surface area contributed by atoms with Crippen LogP contribution in [0.15, 0.2) is 47.4 Å². The number of hydrogen-bond donors (Lipinski definition) is 3. The first-order valence-corrected chi connectivity index (χ1v) is 9.01. The third-order valence-electron chi connectivity index (χ3n) is 3.36. The van der Waals surface area contributed by atoms with Crippen molar-refractivity contribution in [1.29, 1.82) is 0 Å². The average molecular weight is 382 g/mol. The fraction of sp³-hybridized carbons (Fsp3) is 0.125. The lowest BCUT2D eigenvalue weighted by molar-refractivity contribution is 0.0846. The van der Waals surface area contributed by atoms with E-state index >= 15 is 0 Å². The van der Waals surface area contributed by atoms with Gasteiger partial charge in [-0.15, -0.1) is 0 Å². The predicted molar refractivity (Wildman–Crippen MR) is 93.8 cm³/mol. The normalized spacial score (nSPS) is 11.0. The molecule has 3 N–H and O–H groups in total. The molecule has 0 aromatic heterocycles. The Hall–Kier alpha value is -2.42. The van der Waals surface area contributed by atoms with Crippen molar-refractivity contribution in [1.82, 2.24) is 15.6 Å². The van der Waals surface area contributed by atoms with Gasteiger partial charge in [0, 0.05) is 5.56 Å². The molecule has 132 valence electrons. The number of sulfonamides is 1. The number of amides is 2. The van der Waals surface area contributed by atoms with Crippen molar-refractivity contribution in [2.75, 3.05) is 7.05 Å². The van der Waals surface area contributed by atoms with Gasteiger partial charge in [-0.1, -0.05) is 29.3 Å². The molecule has 0 atom stereocenters. The second-order valence-corrected chi connectivity index (χ2v) is 7.42. The summed E-state index contributed by atoms with van der Waals surface area (Å²) in [5.41, 5.74) is 5.74. The van der Waals surface area contributed by atoms with Crippen LogP contribution in [0.25, 0.3) is 0 Å². The zero-order chi connectivity index (χ0) is 18.6. The summed E-state index contributed by atoms with van der Waals surface area (Å²) in [4.78, 5) is 24.1. The lowest BCUT2D eigenvalue weighted by atomic mass is 10.1. The van der Waals surface area contributed by atoms with Crippen LogP contribution in [0.4, 0.5) is 0 Å². The maximum Gasteiger partial charge on any atom is 0.271 e. The summed E-state index contributed by atoms with van der Waals surface area (Å²) >= 11 is 5.95. The summed E-state index contributed by atoms with van der Waals surface area (Å²) in [5.74, 6) is -1.25. The molecule has 2 amide bonds. The molecule has 0 aliphatic carbocycles. The molecule has 2 aromatic rings. The fourth-order valence-corrected chi connectivity index (χ4v) is 2.88. The lowest BCUT2D eigenvalue weighted by Gasteiger charge is -2.10. The van der Waals surface area contributed by atoms with Crippen molar-refractivity contribution in [3.8, 4) is 0 Å². The van der Waals surface area contributed by atoms with Gasteiger partial charge < -0.3 is 0 Å². The first kappa shape index (κ1) is 18.9. The Balaban J connectivity index is 2.14. The standard InChI is InChI=1S/C16H16ClN3O4S/c1-10-3-5-11(6-4-10)15(21)19-20-16(22)13-9-12(7-8-14(13)17)25(23,24)18-2/h3-9,18H,1-2H3,(H,19,21)(H,20,22). The van der Waals surface area contributed by atoms with Crippen LogP contribution < -0.4 is 15.6 Å². The molecular formula is C16H16ClN3O4S. The smallest absolute Gasteiger partial charge is 0.267 e. The van der Waals surface area contributed by atoms with Crippen LogP contribution in [0.3, 0.4) is 0 Å². The van der Waals surface area contributed by atoms with Gasteiger partial charge in [-0.2, -0.15) is 0 Å². The zero-order valence-electron chi connectivity index (χ0n) is 13.5. The minimum absolute atomic E-state index is 0.0529. The molecule has 0 aliphatic heterocycles. The second kappa shape index (κ2) is 7.64. The van der Waals surface area contributed by atoms with Gasteiger partial charge in [0.2, 0.25) is 10.0 Å². The molecule has 0 bridgehead atoms. The van der Waals surface area contributed by atoms with Crippen molar-refractivity contribution in [3.05, 3.63) is 64.2 Å². The number of aryl methyl sites for hydroxylation is 1. The Morgan fingerprint density at radius 3 is 2.16 bits per heavy atom. The Morgan fingerprint density at radius 1 is 0.960 bits per heavy atom. The molecule has 0 heterocycles. The van der Waals surface area contributed by atoms with Crippen LogP contribution in [0.2, 0.25) is 5.02 Å². The van der Waals surface area contributed by atoms with Gasteiger partial charge in [0.1, 0.15) is 0 Å². The molecule has 0 saturated carbocycles. The maximum atomic E-state index is 12.2. The third-order valence-corrected chi connectivity index (χ3v) is 5.11. The van der Waals surface area contributed by atoms with Gasteiger partial charge in [-0.05, 0) is 44.3 Å². The van der Waals surface area contributed by atoms with E-state index in [1.807, 2.05) is 6.92 Å². The second-order valence-electron chi connectivity index (χ2n) is 5.12. The van der Waals surface area contributed by atoms with E-state index in [-0.39, 0.29) is 15.5 Å². The first-order valence-electron chi connectivity index (χ1n) is 7.15. The molecule has 7 nitrogen and oxygen atoms in total. The van der Waals surface area contributed by atoms with Gasteiger partial charge in [0.25, 0.3) is 11.8 Å². The minimum atomic E-state index is -3.73. The van der Waals surface area contributed by atoms with E-state index in [1.54, 1.807) is 24.3 Å². The summed E-state index contributed by atoms with van der Waals surface area (Å²) in [5, 5.41) is 0.0529. The van der Waals surface area contributed by atoms with E-state index in [2.05, 4.69) is 15.6 Å². The number of hydrazine groups is 1. The maximum absolute atomic E-state index is 12.2. The molecule has 0 aliphatic rings. The molecule has 25 heavy (non-hydrogen) atoms. The molecule has 2 rings (SSSR count). The molecule has 0 radical (unpaired) electrons. The van der Waals surface area contributed by atoms with Crippen molar-refractivity contribution in [3.63, 3.8) is 0 Å². The van der Waals surface area contributed by atoms with Gasteiger partial charge in [0.15, 0.2) is 0 Å². The van der Waals surface area contributed by atoms with E-state index in [1.165, 1.54) is 19.2 Å². The highest BCUT2D eigenvalue weighted by Gasteiger charge is 2.18. The van der Waals surface area contributed by atoms with Crippen molar-refractivity contribution in [2.45, 2.75) is 11.8 Å². The summed E-state index contributed by atoms with van der Waals surface area (Å²) in [6.45, 7) is 1.89. The highest BCUT2D eigenvalue weighted by Crippen LogP contribution is 2.20. The molecule has 0 unspecified atom stereocenters. The number of hydrogen-bond acceptors (Lipinski definition) is 4. The van der Waals surface area contributed by atoms with E-state index in [0.29, 0.717) is 5.56 Å². The third kappa shape index (κ3) is 4.56. The van der Waals surface area contributed by atoms with Crippen LogP contribution in [-0.4, -0.2) is 27.3 Å². The Bertz CT molecular complexity index is 911. The Morgan fingerprint density at radius 2 is 1.56 bits per heavy atom. The predicted octanol–water partition coefficient (Wildman–Crippen LogP) is 1.63. The van der Waals surface area contributed by atoms with Gasteiger partial charge >= 0.3 is 0 Å². The van der Waals surface area contributed by atoms with E-state index in [0.717, 1.165) is 11.6 Å². The van der Waals surface area contributed by atoms with E-state index in [4.69, 9.17) is 11.6 Å². The van der Waals surface area contributed by atoms with Gasteiger partial charge in [-0.25, -0.2) is 13.1 Å². The number of carbonyl (C=O) groups is 2. The largest absolute Gasteiger partial charge is 0.271 e. The van der Waals surface area contributed by atoms with E-state index in [9.17, 15) is 18.0 Å². The highest BCUT2D eigenvalue weighted by atomic mass is 35.5. The monoisotopic (exact) mass is 381 g/mol. The number of rotatable bonds is 4. The van der Waals surface area contributed by atoms with E-state index < -0.39 is 21.8 Å². The molecule has 0 fully saturated rings. The van der Waals surface area contributed by atoms with Crippen LogP contribution >= 0.6 is 11.6 Å². The fourth-order valence-electron chi connectivity index (χ4n) is 1.92. The first-order chi connectivity index (χ1) is 11.7. The molecule has 0 spiro atoms. The molecule has 0 saturated heterocycles. The molecule has 9 heteroatoms. The van der Waals surface area contributed by atoms with Crippen LogP contribution in [0.5, 0.6) is 0 Å². The summed E-state index contributed by atoms with van der Waals surface area (Å²) < 4.78 is 25.8. The number of halogens is 1. The topological polar surface area (TPSA) is 104 Å². The lowest BCUT2D eigenvalue weighted by Crippen LogP contribution is -2.41. The minimum Gasteiger partial charge on any atom is -0.267 e. The van der Waals surface area contributed by atoms with Crippen LogP contribution in [-0.2, 0) is 10.0 Å². The average Bonchev–Trinajstić information content (AvgIpc) is 2.60. The Labute approximate surface area is 150 Å². The van der Waals surface area contributed by atoms with Gasteiger partial charge in [-0.3, -0.25) is 20.4 Å². The number of carbonyl (C=O) groups excluding carboxylic acids is 2. The van der Waals surface area contributed by atoms with Gasteiger partial charge in [0.05, 0.1) is 15.5 Å². The van der Waals surface area contributed by atoms with Crippen LogP contribution in [0.1, 0.15) is 26.3 Å². The Kier molecular flexibility index (Phi) is 5.78. The van der Waals surface area contributed by atoms with Crippen LogP contribution in [0, 0.1) is 6.92 Å². The van der Waals surface area contributed by atoms with Crippen molar-refractivity contribution in [2.24, 2.45) is 0 Å².